The quantitative estimate of drug-likeness (QED) is 0.640. The van der Waals surface area contributed by atoms with Crippen molar-refractivity contribution in [2.24, 2.45) is 0 Å². The molecule has 0 spiro atoms. The average Bonchev–Trinajstić information content (AvgIpc) is 2.96. The molecule has 2 aromatic heterocycles. The van der Waals surface area contributed by atoms with E-state index in [2.05, 4.69) is 26.2 Å². The normalized spacial score (nSPS) is 10.2. The molecule has 0 saturated heterocycles. The Morgan fingerprint density at radius 2 is 1.96 bits per heavy atom. The molecule has 0 saturated carbocycles. The SMILES string of the molecule is C#Cc1cccc(C(=O)Nc2nc3c(C(=O)O)cccc3[nH]2)n1. The lowest BCUT2D eigenvalue weighted by Crippen LogP contribution is -2.15. The number of H-pyrrole nitrogens is 1. The number of imidazole rings is 1. The lowest BCUT2D eigenvalue weighted by atomic mass is 10.2. The van der Waals surface area contributed by atoms with Gasteiger partial charge in [0.25, 0.3) is 5.91 Å². The van der Waals surface area contributed by atoms with Crippen LogP contribution in [0.2, 0.25) is 0 Å². The number of aromatic nitrogens is 3. The number of carboxylic acids is 1. The molecule has 1 amide bonds. The molecule has 7 nitrogen and oxygen atoms in total. The number of carboxylic acid groups (broad SMARTS) is 1. The fourth-order valence-corrected chi connectivity index (χ4v) is 2.08. The first-order valence-corrected chi connectivity index (χ1v) is 6.55. The van der Waals surface area contributed by atoms with Gasteiger partial charge in [-0.1, -0.05) is 18.1 Å². The third kappa shape index (κ3) is 2.73. The maximum Gasteiger partial charge on any atom is 0.337 e. The van der Waals surface area contributed by atoms with Crippen LogP contribution in [0.15, 0.2) is 36.4 Å². The fourth-order valence-electron chi connectivity index (χ4n) is 2.08. The maximum absolute atomic E-state index is 12.2. The predicted molar refractivity (Wildman–Crippen MR) is 83.2 cm³/mol. The number of pyridine rings is 1. The molecule has 3 aromatic rings. The number of rotatable bonds is 3. The minimum atomic E-state index is -1.09. The summed E-state index contributed by atoms with van der Waals surface area (Å²) in [6, 6.07) is 9.45. The molecule has 112 valence electrons. The van der Waals surface area contributed by atoms with Gasteiger partial charge in [-0.2, -0.15) is 0 Å². The molecule has 0 aliphatic heterocycles. The largest absolute Gasteiger partial charge is 0.478 e. The van der Waals surface area contributed by atoms with Crippen LogP contribution in [0.5, 0.6) is 0 Å². The van der Waals surface area contributed by atoms with Crippen LogP contribution in [0.3, 0.4) is 0 Å². The van der Waals surface area contributed by atoms with Crippen molar-refractivity contribution in [1.82, 2.24) is 15.0 Å². The van der Waals surface area contributed by atoms with Gasteiger partial charge in [0, 0.05) is 0 Å². The van der Waals surface area contributed by atoms with Crippen molar-refractivity contribution in [3.63, 3.8) is 0 Å². The van der Waals surface area contributed by atoms with Gasteiger partial charge in [0.2, 0.25) is 5.95 Å². The standard InChI is InChI=1S/C16H10N4O3/c1-2-9-5-3-8-12(17-9)14(21)20-16-18-11-7-4-6-10(15(22)23)13(11)19-16/h1,3-8H,(H,22,23)(H2,18,19,20,21). The molecule has 0 unspecified atom stereocenters. The van der Waals surface area contributed by atoms with Gasteiger partial charge in [0.15, 0.2) is 0 Å². The summed E-state index contributed by atoms with van der Waals surface area (Å²) in [6.45, 7) is 0. The Balaban J connectivity index is 1.92. The van der Waals surface area contributed by atoms with E-state index in [4.69, 9.17) is 11.5 Å². The monoisotopic (exact) mass is 306 g/mol. The van der Waals surface area contributed by atoms with E-state index in [1.807, 2.05) is 0 Å². The number of nitrogens with zero attached hydrogens (tertiary/aromatic N) is 2. The molecule has 0 aliphatic rings. The Labute approximate surface area is 130 Å². The van der Waals surface area contributed by atoms with Crippen molar-refractivity contribution in [1.29, 1.82) is 0 Å². The number of terminal acetylenes is 1. The number of fused-ring (bicyclic) bond motifs is 1. The summed E-state index contributed by atoms with van der Waals surface area (Å²) in [5.41, 5.74) is 1.30. The van der Waals surface area contributed by atoms with E-state index in [9.17, 15) is 9.59 Å². The van der Waals surface area contributed by atoms with E-state index in [-0.39, 0.29) is 22.7 Å². The molecule has 1 aromatic carbocycles. The number of anilines is 1. The molecule has 0 bridgehead atoms. The molecule has 23 heavy (non-hydrogen) atoms. The number of amides is 1. The highest BCUT2D eigenvalue weighted by molar-refractivity contribution is 6.04. The highest BCUT2D eigenvalue weighted by atomic mass is 16.4. The topological polar surface area (TPSA) is 108 Å². The van der Waals surface area contributed by atoms with E-state index >= 15 is 0 Å². The van der Waals surface area contributed by atoms with Crippen molar-refractivity contribution >= 4 is 28.9 Å². The highest BCUT2D eigenvalue weighted by Crippen LogP contribution is 2.19. The van der Waals surface area contributed by atoms with Crippen LogP contribution in [0.25, 0.3) is 11.0 Å². The number of carbonyl (C=O) groups excluding carboxylic acids is 1. The average molecular weight is 306 g/mol. The number of aromatic amines is 1. The Morgan fingerprint density at radius 1 is 1.17 bits per heavy atom. The first-order chi connectivity index (χ1) is 11.1. The van der Waals surface area contributed by atoms with E-state index in [0.29, 0.717) is 11.2 Å². The van der Waals surface area contributed by atoms with E-state index in [1.165, 1.54) is 12.1 Å². The molecule has 7 heteroatoms. The van der Waals surface area contributed by atoms with Gasteiger partial charge in [-0.3, -0.25) is 10.1 Å². The number of para-hydroxylation sites is 1. The molecule has 0 aliphatic carbocycles. The zero-order valence-electron chi connectivity index (χ0n) is 11.7. The van der Waals surface area contributed by atoms with Crippen LogP contribution in [-0.4, -0.2) is 31.9 Å². The number of hydrogen-bond donors (Lipinski definition) is 3. The van der Waals surface area contributed by atoms with E-state index in [0.717, 1.165) is 0 Å². The third-order valence-corrected chi connectivity index (χ3v) is 3.10. The van der Waals surface area contributed by atoms with Gasteiger partial charge in [-0.05, 0) is 24.3 Å². The van der Waals surface area contributed by atoms with Crippen LogP contribution in [-0.2, 0) is 0 Å². The Hall–Kier alpha value is -3.66. The number of hydrogen-bond acceptors (Lipinski definition) is 4. The number of nitrogens with one attached hydrogen (secondary N) is 2. The molecular formula is C16H10N4O3. The molecular weight excluding hydrogens is 296 g/mol. The lowest BCUT2D eigenvalue weighted by molar-refractivity contribution is 0.0698. The van der Waals surface area contributed by atoms with Gasteiger partial charge in [0.05, 0.1) is 11.1 Å². The summed E-state index contributed by atoms with van der Waals surface area (Å²) < 4.78 is 0. The second kappa shape index (κ2) is 5.61. The van der Waals surface area contributed by atoms with Crippen molar-refractivity contribution in [2.75, 3.05) is 5.32 Å². The summed E-state index contributed by atoms with van der Waals surface area (Å²) in [5, 5.41) is 11.7. The summed E-state index contributed by atoms with van der Waals surface area (Å²) in [6.07, 6.45) is 5.25. The predicted octanol–water partition coefficient (Wildman–Crippen LogP) is 1.89. The first-order valence-electron chi connectivity index (χ1n) is 6.55. The summed E-state index contributed by atoms with van der Waals surface area (Å²) in [5.74, 6) is 0.883. The van der Waals surface area contributed by atoms with Crippen molar-refractivity contribution < 1.29 is 14.7 Å². The fraction of sp³-hybridized carbons (Fsp3) is 0. The van der Waals surface area contributed by atoms with Crippen molar-refractivity contribution in [3.8, 4) is 12.3 Å². The van der Waals surface area contributed by atoms with Gasteiger partial charge < -0.3 is 10.1 Å². The smallest absolute Gasteiger partial charge is 0.337 e. The van der Waals surface area contributed by atoms with Crippen LogP contribution in [0.4, 0.5) is 5.95 Å². The van der Waals surface area contributed by atoms with Crippen LogP contribution in [0.1, 0.15) is 26.5 Å². The van der Waals surface area contributed by atoms with Crippen molar-refractivity contribution in [2.45, 2.75) is 0 Å². The molecule has 3 N–H and O–H groups in total. The van der Waals surface area contributed by atoms with Crippen LogP contribution in [0, 0.1) is 12.3 Å². The molecule has 0 fully saturated rings. The van der Waals surface area contributed by atoms with Crippen molar-refractivity contribution in [3.05, 3.63) is 53.3 Å². The number of carbonyl (C=O) groups is 2. The zero-order valence-corrected chi connectivity index (χ0v) is 11.7. The highest BCUT2D eigenvalue weighted by Gasteiger charge is 2.15. The van der Waals surface area contributed by atoms with Gasteiger partial charge in [0.1, 0.15) is 16.9 Å². The molecule has 0 radical (unpaired) electrons. The van der Waals surface area contributed by atoms with Gasteiger partial charge in [-0.15, -0.1) is 6.42 Å². The van der Waals surface area contributed by atoms with E-state index < -0.39 is 11.9 Å². The minimum absolute atomic E-state index is 0.0479. The van der Waals surface area contributed by atoms with Gasteiger partial charge >= 0.3 is 5.97 Å². The van der Waals surface area contributed by atoms with Gasteiger partial charge in [-0.25, -0.2) is 14.8 Å². The lowest BCUT2D eigenvalue weighted by Gasteiger charge is -2.01. The summed E-state index contributed by atoms with van der Waals surface area (Å²) in [7, 11) is 0. The first kappa shape index (κ1) is 14.3. The second-order valence-electron chi connectivity index (χ2n) is 4.60. The maximum atomic E-state index is 12.2. The third-order valence-electron chi connectivity index (χ3n) is 3.10. The Morgan fingerprint density at radius 3 is 2.70 bits per heavy atom. The molecule has 2 heterocycles. The Kier molecular flexibility index (Phi) is 3.49. The van der Waals surface area contributed by atoms with Crippen LogP contribution >= 0.6 is 0 Å². The molecule has 0 atom stereocenters. The number of aromatic carboxylic acids is 1. The Bertz CT molecular complexity index is 969. The van der Waals surface area contributed by atoms with Crippen LogP contribution < -0.4 is 5.32 Å². The van der Waals surface area contributed by atoms with E-state index in [1.54, 1.807) is 24.3 Å². The minimum Gasteiger partial charge on any atom is -0.478 e. The zero-order chi connectivity index (χ0) is 16.4. The second-order valence-corrected chi connectivity index (χ2v) is 4.60. The summed E-state index contributed by atoms with van der Waals surface area (Å²) >= 11 is 0. The summed E-state index contributed by atoms with van der Waals surface area (Å²) in [4.78, 5) is 34.3. The molecule has 3 rings (SSSR count). The number of benzene rings is 1.